The number of benzene rings is 1. The van der Waals surface area contributed by atoms with Crippen LogP contribution in [0.3, 0.4) is 0 Å². The summed E-state index contributed by atoms with van der Waals surface area (Å²) in [4.78, 5) is 0. The molecule has 0 saturated carbocycles. The summed E-state index contributed by atoms with van der Waals surface area (Å²) in [5, 5.41) is 1.94. The lowest BCUT2D eigenvalue weighted by molar-refractivity contribution is 0.500. The maximum absolute atomic E-state index is 13.6. The van der Waals surface area contributed by atoms with E-state index < -0.39 is 11.6 Å². The first kappa shape index (κ1) is 13.9. The second-order valence-corrected chi connectivity index (χ2v) is 6.61. The zero-order chi connectivity index (χ0) is 13.1. The Hall–Kier alpha value is -0.570. The van der Waals surface area contributed by atoms with E-state index in [-0.39, 0.29) is 18.0 Å². The molecule has 0 radical (unpaired) electrons. The Balaban J connectivity index is 2.26. The fourth-order valence-corrected chi connectivity index (χ4v) is 3.14. The summed E-state index contributed by atoms with van der Waals surface area (Å²) in [5.74, 6) is 4.39. The van der Waals surface area contributed by atoms with E-state index in [4.69, 9.17) is 5.84 Å². The van der Waals surface area contributed by atoms with Crippen molar-refractivity contribution in [2.75, 3.05) is 0 Å². The summed E-state index contributed by atoms with van der Waals surface area (Å²) in [6.45, 7) is 0. The van der Waals surface area contributed by atoms with Crippen molar-refractivity contribution < 1.29 is 8.78 Å². The van der Waals surface area contributed by atoms with Crippen LogP contribution in [0.25, 0.3) is 0 Å². The number of hydrogen-bond donors (Lipinski definition) is 2. The quantitative estimate of drug-likeness (QED) is 0.485. The highest BCUT2D eigenvalue weighted by Crippen LogP contribution is 2.26. The smallest absolute Gasteiger partial charge is 0.129 e. The van der Waals surface area contributed by atoms with Gasteiger partial charge >= 0.3 is 0 Å². The van der Waals surface area contributed by atoms with E-state index in [9.17, 15) is 8.78 Å². The second-order valence-electron chi connectivity index (χ2n) is 3.81. The molecular weight excluding hydrogens is 369 g/mol. The summed E-state index contributed by atoms with van der Waals surface area (Å²) in [6.07, 6.45) is 0.182. The molecule has 1 heterocycles. The molecule has 2 nitrogen and oxygen atoms in total. The van der Waals surface area contributed by atoms with Gasteiger partial charge in [-0.3, -0.25) is 11.3 Å². The number of thiophene rings is 1. The Labute approximate surface area is 121 Å². The first-order valence-electron chi connectivity index (χ1n) is 5.24. The normalized spacial score (nSPS) is 12.7. The lowest BCUT2D eigenvalue weighted by Crippen LogP contribution is -2.29. The van der Waals surface area contributed by atoms with Crippen LogP contribution >= 0.6 is 33.9 Å². The van der Waals surface area contributed by atoms with Gasteiger partial charge in [-0.2, -0.15) is 0 Å². The van der Waals surface area contributed by atoms with Crippen molar-refractivity contribution in [1.29, 1.82) is 0 Å². The fourth-order valence-electron chi connectivity index (χ4n) is 1.71. The molecule has 0 fully saturated rings. The van der Waals surface area contributed by atoms with Crippen molar-refractivity contribution in [2.24, 2.45) is 5.84 Å². The minimum atomic E-state index is -0.542. The molecule has 1 aromatic heterocycles. The van der Waals surface area contributed by atoms with E-state index in [1.54, 1.807) is 11.3 Å². The largest absolute Gasteiger partial charge is 0.271 e. The van der Waals surface area contributed by atoms with Crippen LogP contribution in [0.1, 0.15) is 17.2 Å². The average Bonchev–Trinajstić information content (AvgIpc) is 2.76. The second kappa shape index (κ2) is 6.05. The Morgan fingerprint density at radius 3 is 2.50 bits per heavy atom. The van der Waals surface area contributed by atoms with Gasteiger partial charge in [0, 0.05) is 5.56 Å². The highest BCUT2D eigenvalue weighted by molar-refractivity contribution is 14.1. The van der Waals surface area contributed by atoms with Crippen LogP contribution in [0.15, 0.2) is 29.6 Å². The summed E-state index contributed by atoms with van der Waals surface area (Å²) < 4.78 is 28.2. The highest BCUT2D eigenvalue weighted by atomic mass is 127. The molecule has 1 atom stereocenters. The molecule has 0 saturated heterocycles. The van der Waals surface area contributed by atoms with Crippen molar-refractivity contribution in [2.45, 2.75) is 12.5 Å². The van der Waals surface area contributed by atoms with Gasteiger partial charge in [0.1, 0.15) is 11.6 Å². The molecule has 2 rings (SSSR count). The molecule has 0 amide bonds. The fraction of sp³-hybridized carbons (Fsp3) is 0.167. The SMILES string of the molecule is NNC(Cc1c(F)cccc1F)c1csc(I)c1. The van der Waals surface area contributed by atoms with Crippen LogP contribution in [0, 0.1) is 14.5 Å². The van der Waals surface area contributed by atoms with Gasteiger partial charge in [0.05, 0.1) is 8.93 Å². The zero-order valence-electron chi connectivity index (χ0n) is 9.29. The summed E-state index contributed by atoms with van der Waals surface area (Å²) in [6, 6.07) is 5.52. The van der Waals surface area contributed by atoms with Gasteiger partial charge in [0.2, 0.25) is 0 Å². The van der Waals surface area contributed by atoms with Crippen molar-refractivity contribution in [3.63, 3.8) is 0 Å². The molecule has 0 spiro atoms. The Kier molecular flexibility index (Phi) is 4.66. The van der Waals surface area contributed by atoms with Crippen molar-refractivity contribution in [3.8, 4) is 0 Å². The van der Waals surface area contributed by atoms with Crippen LogP contribution in [0.4, 0.5) is 8.78 Å². The third kappa shape index (κ3) is 3.05. The molecule has 1 aromatic carbocycles. The number of nitrogens with one attached hydrogen (secondary N) is 1. The van der Waals surface area contributed by atoms with E-state index in [0.29, 0.717) is 0 Å². The number of hydrazine groups is 1. The average molecular weight is 380 g/mol. The number of rotatable bonds is 4. The van der Waals surface area contributed by atoms with Crippen LogP contribution in [0.2, 0.25) is 0 Å². The third-order valence-electron chi connectivity index (χ3n) is 2.66. The molecule has 0 bridgehead atoms. The summed E-state index contributed by atoms with van der Waals surface area (Å²) >= 11 is 3.77. The third-order valence-corrected chi connectivity index (χ3v) is 4.47. The van der Waals surface area contributed by atoms with Gasteiger partial charge in [0.15, 0.2) is 0 Å². The van der Waals surface area contributed by atoms with E-state index >= 15 is 0 Å². The molecule has 0 aliphatic carbocycles. The lowest BCUT2D eigenvalue weighted by Gasteiger charge is -2.15. The van der Waals surface area contributed by atoms with E-state index in [0.717, 1.165) is 8.45 Å². The van der Waals surface area contributed by atoms with Gasteiger partial charge in [-0.05, 0) is 58.2 Å². The monoisotopic (exact) mass is 380 g/mol. The first-order valence-corrected chi connectivity index (χ1v) is 7.20. The summed E-state index contributed by atoms with van der Waals surface area (Å²) in [7, 11) is 0. The van der Waals surface area contributed by atoms with Gasteiger partial charge in [-0.15, -0.1) is 11.3 Å². The lowest BCUT2D eigenvalue weighted by atomic mass is 10.0. The Morgan fingerprint density at radius 2 is 2.00 bits per heavy atom. The van der Waals surface area contributed by atoms with Crippen molar-refractivity contribution in [3.05, 3.63) is 55.3 Å². The van der Waals surface area contributed by atoms with Crippen LogP contribution in [0.5, 0.6) is 0 Å². The molecule has 18 heavy (non-hydrogen) atoms. The molecule has 6 heteroatoms. The van der Waals surface area contributed by atoms with Gasteiger partial charge < -0.3 is 0 Å². The number of hydrogen-bond acceptors (Lipinski definition) is 3. The number of nitrogens with two attached hydrogens (primary N) is 1. The van der Waals surface area contributed by atoms with Gasteiger partial charge in [0.25, 0.3) is 0 Å². The predicted octanol–water partition coefficient (Wildman–Crippen LogP) is 3.38. The minimum Gasteiger partial charge on any atom is -0.271 e. The molecule has 2 aromatic rings. The van der Waals surface area contributed by atoms with E-state index in [2.05, 4.69) is 28.0 Å². The summed E-state index contributed by atoms with van der Waals surface area (Å²) in [5.41, 5.74) is 3.60. The van der Waals surface area contributed by atoms with E-state index in [1.165, 1.54) is 18.2 Å². The molecule has 0 aliphatic rings. The van der Waals surface area contributed by atoms with Gasteiger partial charge in [-0.25, -0.2) is 8.78 Å². The predicted molar refractivity (Wildman–Crippen MR) is 77.2 cm³/mol. The maximum atomic E-state index is 13.6. The molecule has 3 N–H and O–H groups in total. The molecule has 1 unspecified atom stereocenters. The Bertz CT molecular complexity index is 524. The zero-order valence-corrected chi connectivity index (χ0v) is 12.3. The number of halogens is 3. The van der Waals surface area contributed by atoms with E-state index in [1.807, 2.05) is 11.4 Å². The molecular formula is C12H11F2IN2S. The topological polar surface area (TPSA) is 38.0 Å². The van der Waals surface area contributed by atoms with Gasteiger partial charge in [-0.1, -0.05) is 6.07 Å². The van der Waals surface area contributed by atoms with Crippen molar-refractivity contribution in [1.82, 2.24) is 5.43 Å². The molecule has 0 aliphatic heterocycles. The first-order chi connectivity index (χ1) is 8.61. The van der Waals surface area contributed by atoms with Crippen LogP contribution < -0.4 is 11.3 Å². The standard InChI is InChI=1S/C12H11F2IN2S/c13-9-2-1-3-10(14)8(9)5-11(17-16)7-4-12(15)18-6-7/h1-4,6,11,17H,5,16H2. The minimum absolute atomic E-state index is 0.0571. The highest BCUT2D eigenvalue weighted by Gasteiger charge is 2.17. The Morgan fingerprint density at radius 1 is 1.33 bits per heavy atom. The van der Waals surface area contributed by atoms with Crippen molar-refractivity contribution >= 4 is 33.9 Å². The van der Waals surface area contributed by atoms with Crippen LogP contribution in [-0.2, 0) is 6.42 Å². The maximum Gasteiger partial charge on any atom is 0.129 e. The van der Waals surface area contributed by atoms with Crippen LogP contribution in [-0.4, -0.2) is 0 Å². The molecule has 96 valence electrons.